The molecule has 2 rings (SSSR count). The van der Waals surface area contributed by atoms with E-state index in [2.05, 4.69) is 86.8 Å². The van der Waals surface area contributed by atoms with E-state index in [4.69, 9.17) is 28.4 Å². The molecule has 11 unspecified atom stereocenters. The van der Waals surface area contributed by atoms with Gasteiger partial charge in [-0.05, 0) is 77.0 Å². The van der Waals surface area contributed by atoms with Crippen LogP contribution >= 0.6 is 0 Å². The van der Waals surface area contributed by atoms with Crippen molar-refractivity contribution in [3.8, 4) is 0 Å². The van der Waals surface area contributed by atoms with Gasteiger partial charge in [0.05, 0.1) is 26.4 Å². The van der Waals surface area contributed by atoms with Gasteiger partial charge < -0.3 is 64.2 Å². The second-order valence-corrected chi connectivity index (χ2v) is 21.1. The fourth-order valence-corrected chi connectivity index (χ4v) is 9.32. The molecule has 2 saturated heterocycles. The van der Waals surface area contributed by atoms with Crippen molar-refractivity contribution in [1.82, 2.24) is 0 Å². The highest BCUT2D eigenvalue weighted by Gasteiger charge is 2.47. The Balaban J connectivity index is 1.69. The number of allylic oxidation sites excluding steroid dienone is 12. The van der Waals surface area contributed by atoms with E-state index in [1.165, 1.54) is 135 Å². The maximum atomic E-state index is 13.0. The van der Waals surface area contributed by atoms with Crippen molar-refractivity contribution >= 4 is 5.97 Å². The van der Waals surface area contributed by atoms with Gasteiger partial charge in [0.25, 0.3) is 0 Å². The largest absolute Gasteiger partial charge is 0.457 e. The standard InChI is InChI=1S/C63H110O14/c1-3-5-7-9-11-13-15-17-19-21-22-23-24-25-26-27-28-29-31-33-35-37-39-41-43-45-47-72-49-52(75-55(65)46-44-42-40-38-36-34-32-30-20-18-16-14-12-10-8-6-4-2)50-73-62-61(71)59(69)57(67)54(77-62)51-74-63-60(70)58(68)56(66)53(48-64)76-63/h6,8,12,14,18,20-22,32,34,38,40,52-54,56-64,66-71H,3-5,7,9-11,13,15-17,19,23-31,33,35-37,39,41-51H2,1-2H3/b8-6-,14-12-,20-18-,22-21-,34-32-,40-38-. The molecule has 2 aliphatic rings. The second kappa shape index (κ2) is 49.3. The summed E-state index contributed by atoms with van der Waals surface area (Å²) in [4.78, 5) is 13.0. The zero-order valence-corrected chi connectivity index (χ0v) is 47.9. The lowest BCUT2D eigenvalue weighted by atomic mass is 9.98. The van der Waals surface area contributed by atoms with Crippen molar-refractivity contribution in [1.29, 1.82) is 0 Å². The van der Waals surface area contributed by atoms with Crippen molar-refractivity contribution in [3.63, 3.8) is 0 Å². The van der Waals surface area contributed by atoms with E-state index < -0.39 is 86.7 Å². The summed E-state index contributed by atoms with van der Waals surface area (Å²) in [5.41, 5.74) is 0. The lowest BCUT2D eigenvalue weighted by Crippen LogP contribution is -2.61. The number of unbranched alkanes of at least 4 members (excludes halogenated alkanes) is 23. The van der Waals surface area contributed by atoms with Gasteiger partial charge in [-0.2, -0.15) is 0 Å². The lowest BCUT2D eigenvalue weighted by Gasteiger charge is -2.42. The summed E-state index contributed by atoms with van der Waals surface area (Å²) >= 11 is 0. The third-order valence-corrected chi connectivity index (χ3v) is 14.2. The first-order valence-corrected chi connectivity index (χ1v) is 30.5. The molecular formula is C63H110O14. The first-order valence-electron chi connectivity index (χ1n) is 30.5. The van der Waals surface area contributed by atoms with Gasteiger partial charge in [-0.1, -0.05) is 209 Å². The highest BCUT2D eigenvalue weighted by Crippen LogP contribution is 2.27. The molecule has 2 fully saturated rings. The molecule has 7 N–H and O–H groups in total. The predicted molar refractivity (Wildman–Crippen MR) is 307 cm³/mol. The lowest BCUT2D eigenvalue weighted by molar-refractivity contribution is -0.332. The van der Waals surface area contributed by atoms with Gasteiger partial charge in [-0.15, -0.1) is 0 Å². The van der Waals surface area contributed by atoms with Gasteiger partial charge in [0.15, 0.2) is 12.6 Å². The molecule has 0 amide bonds. The molecule has 0 aromatic carbocycles. The van der Waals surface area contributed by atoms with E-state index >= 15 is 0 Å². The van der Waals surface area contributed by atoms with Gasteiger partial charge in [-0.25, -0.2) is 0 Å². The molecule has 0 bridgehead atoms. The molecule has 77 heavy (non-hydrogen) atoms. The monoisotopic (exact) mass is 1090 g/mol. The van der Waals surface area contributed by atoms with E-state index in [1.807, 2.05) is 0 Å². The van der Waals surface area contributed by atoms with Gasteiger partial charge in [0.2, 0.25) is 0 Å². The van der Waals surface area contributed by atoms with Gasteiger partial charge in [-0.3, -0.25) is 4.79 Å². The SMILES string of the molecule is CC/C=C\C/C=C\C/C=C\C/C=C\C/C=C\CCCC(=O)OC(COCCCCCCCCCCCCCCCC/C=C\CCCCCCCCCC)COC1OC(COC2OC(CO)C(O)C(O)C2O)C(O)C(O)C1O. The first-order chi connectivity index (χ1) is 37.6. The van der Waals surface area contributed by atoms with Crippen molar-refractivity contribution in [2.45, 2.75) is 287 Å². The molecule has 0 aromatic heterocycles. The van der Waals surface area contributed by atoms with Gasteiger partial charge in [0.1, 0.15) is 54.9 Å². The number of aliphatic hydroxyl groups is 7. The molecule has 0 aliphatic carbocycles. The van der Waals surface area contributed by atoms with Crippen LogP contribution in [-0.4, -0.2) is 142 Å². The van der Waals surface area contributed by atoms with E-state index in [1.54, 1.807) is 0 Å². The molecule has 0 radical (unpaired) electrons. The Morgan fingerprint density at radius 1 is 0.442 bits per heavy atom. The molecule has 0 aromatic rings. The third kappa shape index (κ3) is 35.7. The zero-order valence-electron chi connectivity index (χ0n) is 47.9. The second-order valence-electron chi connectivity index (χ2n) is 21.1. The highest BCUT2D eigenvalue weighted by molar-refractivity contribution is 5.69. The van der Waals surface area contributed by atoms with Gasteiger partial charge in [0, 0.05) is 13.0 Å². The molecular weight excluding hydrogens is 981 g/mol. The number of hydrogen-bond donors (Lipinski definition) is 7. The Morgan fingerprint density at radius 3 is 1.34 bits per heavy atom. The molecule has 14 heteroatoms. The average Bonchev–Trinajstić information content (AvgIpc) is 3.43. The average molecular weight is 1090 g/mol. The Kier molecular flexibility index (Phi) is 45.1. The predicted octanol–water partition coefficient (Wildman–Crippen LogP) is 11.4. The van der Waals surface area contributed by atoms with Crippen LogP contribution in [0.4, 0.5) is 0 Å². The smallest absolute Gasteiger partial charge is 0.306 e. The summed E-state index contributed by atoms with van der Waals surface area (Å²) in [6, 6.07) is 0. The third-order valence-electron chi connectivity index (χ3n) is 14.2. The number of carbonyl (C=O) groups excluding carboxylic acids is 1. The van der Waals surface area contributed by atoms with E-state index in [0.29, 0.717) is 19.4 Å². The minimum atomic E-state index is -1.72. The number of hydrogen-bond acceptors (Lipinski definition) is 14. The van der Waals surface area contributed by atoms with Crippen molar-refractivity contribution < 1.29 is 69.0 Å². The van der Waals surface area contributed by atoms with Crippen LogP contribution in [0.25, 0.3) is 0 Å². The Hall–Kier alpha value is -2.57. The summed E-state index contributed by atoms with van der Waals surface area (Å²) in [7, 11) is 0. The number of esters is 1. The van der Waals surface area contributed by atoms with Crippen LogP contribution in [0.3, 0.4) is 0 Å². The van der Waals surface area contributed by atoms with Crippen LogP contribution in [0.5, 0.6) is 0 Å². The molecule has 0 saturated carbocycles. The highest BCUT2D eigenvalue weighted by atomic mass is 16.7. The Labute approximate surface area is 466 Å². The molecule has 2 aliphatic heterocycles. The zero-order chi connectivity index (χ0) is 55.8. The summed E-state index contributed by atoms with van der Waals surface area (Å²) in [6.07, 6.45) is 47.0. The van der Waals surface area contributed by atoms with Crippen LogP contribution < -0.4 is 0 Å². The van der Waals surface area contributed by atoms with Crippen molar-refractivity contribution in [2.24, 2.45) is 0 Å². The van der Waals surface area contributed by atoms with Crippen molar-refractivity contribution in [2.75, 3.05) is 33.0 Å². The van der Waals surface area contributed by atoms with E-state index in [-0.39, 0.29) is 19.6 Å². The number of rotatable bonds is 49. The first kappa shape index (κ1) is 70.5. The number of carbonyl (C=O) groups is 1. The molecule has 0 spiro atoms. The summed E-state index contributed by atoms with van der Waals surface area (Å²) in [5, 5.41) is 72.4. The quantitative estimate of drug-likeness (QED) is 0.0172. The minimum Gasteiger partial charge on any atom is -0.457 e. The van der Waals surface area contributed by atoms with E-state index in [0.717, 1.165) is 51.4 Å². The molecule has 11 atom stereocenters. The van der Waals surface area contributed by atoms with Crippen LogP contribution in [0.15, 0.2) is 72.9 Å². The van der Waals surface area contributed by atoms with Gasteiger partial charge >= 0.3 is 5.97 Å². The minimum absolute atomic E-state index is 0.0366. The Bertz CT molecular complexity index is 1550. The number of aliphatic hydroxyl groups excluding tert-OH is 7. The van der Waals surface area contributed by atoms with Crippen LogP contribution in [-0.2, 0) is 33.2 Å². The maximum Gasteiger partial charge on any atom is 0.306 e. The normalized spacial score (nSPS) is 24.8. The molecule has 14 nitrogen and oxygen atoms in total. The Morgan fingerprint density at radius 2 is 0.844 bits per heavy atom. The number of ether oxygens (including phenoxy) is 6. The molecule has 446 valence electrons. The van der Waals surface area contributed by atoms with Crippen LogP contribution in [0, 0.1) is 0 Å². The summed E-state index contributed by atoms with van der Waals surface area (Å²) in [6.45, 7) is 3.51. The fraction of sp³-hybridized carbons (Fsp3) is 0.794. The topological polar surface area (TPSA) is 214 Å². The maximum absolute atomic E-state index is 13.0. The van der Waals surface area contributed by atoms with Crippen LogP contribution in [0.2, 0.25) is 0 Å². The van der Waals surface area contributed by atoms with Crippen molar-refractivity contribution in [3.05, 3.63) is 72.9 Å². The summed E-state index contributed by atoms with van der Waals surface area (Å²) < 4.78 is 34.3. The fourth-order valence-electron chi connectivity index (χ4n) is 9.32. The summed E-state index contributed by atoms with van der Waals surface area (Å²) in [5.74, 6) is -0.431. The van der Waals surface area contributed by atoms with Crippen LogP contribution in [0.1, 0.15) is 219 Å². The van der Waals surface area contributed by atoms with E-state index in [9.17, 15) is 40.5 Å². The molecule has 2 heterocycles.